The lowest BCUT2D eigenvalue weighted by Crippen LogP contribution is -2.44. The van der Waals surface area contributed by atoms with Crippen LogP contribution in [-0.4, -0.2) is 68.3 Å². The first-order valence-corrected chi connectivity index (χ1v) is 8.82. The van der Waals surface area contributed by atoms with Crippen LogP contribution in [0.5, 0.6) is 0 Å². The quantitative estimate of drug-likeness (QED) is 0.650. The van der Waals surface area contributed by atoms with Gasteiger partial charge < -0.3 is 14.4 Å². The van der Waals surface area contributed by atoms with Crippen molar-refractivity contribution >= 4 is 5.91 Å². The number of likely N-dealkylation sites (N-methyl/N-ethyl adjacent to an activating group) is 1. The fraction of sp³-hybridized carbons (Fsp3) is 0.632. The fourth-order valence-corrected chi connectivity index (χ4v) is 3.34. The molecule has 1 heterocycles. The Balaban J connectivity index is 1.86. The summed E-state index contributed by atoms with van der Waals surface area (Å²) >= 11 is 0. The van der Waals surface area contributed by atoms with Crippen LogP contribution in [0, 0.1) is 0 Å². The summed E-state index contributed by atoms with van der Waals surface area (Å²) in [5, 5.41) is 0. The molecule has 0 saturated carbocycles. The van der Waals surface area contributed by atoms with Crippen LogP contribution in [0.2, 0.25) is 0 Å². The van der Waals surface area contributed by atoms with Crippen LogP contribution in [0.1, 0.15) is 31.9 Å². The average Bonchev–Trinajstić information content (AvgIpc) is 3.09. The molecule has 0 N–H and O–H groups in total. The number of methoxy groups -OCH3 is 1. The smallest absolute Gasteiger partial charge is 0.248 e. The Kier molecular flexibility index (Phi) is 7.69. The van der Waals surface area contributed by atoms with Crippen LogP contribution >= 0.6 is 0 Å². The van der Waals surface area contributed by atoms with Crippen LogP contribution in [0.3, 0.4) is 0 Å². The van der Waals surface area contributed by atoms with Gasteiger partial charge in [-0.25, -0.2) is 0 Å². The van der Waals surface area contributed by atoms with Crippen molar-refractivity contribution in [1.29, 1.82) is 0 Å². The molecule has 1 aliphatic heterocycles. The minimum atomic E-state index is 0.0767. The number of amides is 1. The maximum absolute atomic E-state index is 12.4. The number of ether oxygens (including phenoxy) is 2. The third-order valence-electron chi connectivity index (χ3n) is 4.78. The van der Waals surface area contributed by atoms with Crippen molar-refractivity contribution in [3.63, 3.8) is 0 Å². The lowest BCUT2D eigenvalue weighted by atomic mass is 10.1. The van der Waals surface area contributed by atoms with E-state index in [9.17, 15) is 4.79 Å². The molecular formula is C19H30N2O3. The van der Waals surface area contributed by atoms with E-state index in [0.717, 1.165) is 26.1 Å². The molecule has 0 spiro atoms. The van der Waals surface area contributed by atoms with Gasteiger partial charge in [0, 0.05) is 38.8 Å². The molecule has 1 aromatic rings. The molecule has 5 nitrogen and oxygen atoms in total. The number of carbonyl (C=O) groups excluding carboxylic acids is 1. The van der Waals surface area contributed by atoms with Crippen molar-refractivity contribution in [3.05, 3.63) is 35.9 Å². The van der Waals surface area contributed by atoms with E-state index >= 15 is 0 Å². The molecule has 2 rings (SSSR count). The maximum atomic E-state index is 12.4. The van der Waals surface area contributed by atoms with Crippen molar-refractivity contribution in [3.8, 4) is 0 Å². The lowest BCUT2D eigenvalue weighted by molar-refractivity contribution is -0.138. The highest BCUT2D eigenvalue weighted by molar-refractivity contribution is 5.77. The van der Waals surface area contributed by atoms with Crippen LogP contribution in [-0.2, 0) is 14.3 Å². The molecule has 2 atom stereocenters. The molecular weight excluding hydrogens is 304 g/mol. The van der Waals surface area contributed by atoms with Gasteiger partial charge in [0.1, 0.15) is 6.61 Å². The summed E-state index contributed by atoms with van der Waals surface area (Å²) in [6.45, 7) is 8.07. The zero-order valence-corrected chi connectivity index (χ0v) is 15.1. The van der Waals surface area contributed by atoms with Gasteiger partial charge in [-0.05, 0) is 25.8 Å². The van der Waals surface area contributed by atoms with Gasteiger partial charge in [-0.1, -0.05) is 30.3 Å². The molecule has 0 bridgehead atoms. The molecule has 0 radical (unpaired) electrons. The first-order chi connectivity index (χ1) is 11.7. The molecule has 134 valence electrons. The minimum absolute atomic E-state index is 0.0767. The monoisotopic (exact) mass is 334 g/mol. The van der Waals surface area contributed by atoms with Gasteiger partial charge in [-0.3, -0.25) is 9.69 Å². The predicted octanol–water partition coefficient (Wildman–Crippen LogP) is 2.33. The van der Waals surface area contributed by atoms with Crippen molar-refractivity contribution in [2.45, 2.75) is 32.4 Å². The molecule has 1 fully saturated rings. The molecule has 24 heavy (non-hydrogen) atoms. The largest absolute Gasteiger partial charge is 0.382 e. The highest BCUT2D eigenvalue weighted by Crippen LogP contribution is 2.26. The third kappa shape index (κ3) is 5.03. The topological polar surface area (TPSA) is 42.0 Å². The second-order valence-electron chi connectivity index (χ2n) is 6.25. The highest BCUT2D eigenvalue weighted by atomic mass is 16.5. The molecule has 0 aromatic heterocycles. The Morgan fingerprint density at radius 2 is 2.08 bits per heavy atom. The highest BCUT2D eigenvalue weighted by Gasteiger charge is 2.32. The molecule has 1 saturated heterocycles. The Morgan fingerprint density at radius 3 is 2.75 bits per heavy atom. The first kappa shape index (κ1) is 18.9. The van der Waals surface area contributed by atoms with E-state index in [2.05, 4.69) is 36.1 Å². The Morgan fingerprint density at radius 1 is 1.33 bits per heavy atom. The van der Waals surface area contributed by atoms with E-state index in [1.165, 1.54) is 5.56 Å². The Hall–Kier alpha value is -1.43. The van der Waals surface area contributed by atoms with Crippen LogP contribution in [0.25, 0.3) is 0 Å². The maximum Gasteiger partial charge on any atom is 0.248 e. The van der Waals surface area contributed by atoms with E-state index in [0.29, 0.717) is 19.3 Å². The summed E-state index contributed by atoms with van der Waals surface area (Å²) in [4.78, 5) is 16.8. The van der Waals surface area contributed by atoms with E-state index in [-0.39, 0.29) is 18.6 Å². The predicted molar refractivity (Wildman–Crippen MR) is 94.9 cm³/mol. The van der Waals surface area contributed by atoms with Crippen molar-refractivity contribution in [2.24, 2.45) is 0 Å². The number of hydrogen-bond donors (Lipinski definition) is 0. The second-order valence-corrected chi connectivity index (χ2v) is 6.25. The zero-order chi connectivity index (χ0) is 17.4. The summed E-state index contributed by atoms with van der Waals surface area (Å²) in [6.07, 6.45) is 1.02. The Bertz CT molecular complexity index is 495. The van der Waals surface area contributed by atoms with Crippen molar-refractivity contribution in [2.75, 3.05) is 46.6 Å². The summed E-state index contributed by atoms with van der Waals surface area (Å²) in [5.41, 5.74) is 1.33. The van der Waals surface area contributed by atoms with E-state index in [1.807, 2.05) is 17.9 Å². The van der Waals surface area contributed by atoms with Gasteiger partial charge in [0.2, 0.25) is 5.91 Å². The second kappa shape index (κ2) is 9.77. The van der Waals surface area contributed by atoms with Crippen molar-refractivity contribution < 1.29 is 14.3 Å². The lowest BCUT2D eigenvalue weighted by Gasteiger charge is -2.29. The molecule has 1 amide bonds. The van der Waals surface area contributed by atoms with Crippen molar-refractivity contribution in [1.82, 2.24) is 9.80 Å². The average molecular weight is 334 g/mol. The number of likely N-dealkylation sites (tertiary alicyclic amines) is 1. The van der Waals surface area contributed by atoms with Gasteiger partial charge in [0.05, 0.1) is 13.2 Å². The number of benzene rings is 1. The Labute approximate surface area is 145 Å². The SMILES string of the molecule is CCN(C(=O)COCCOC)[C@H]1CCN([C@@H](C)c2ccccc2)C1. The molecule has 5 heteroatoms. The van der Waals surface area contributed by atoms with E-state index in [1.54, 1.807) is 7.11 Å². The number of rotatable bonds is 9. The standard InChI is InChI=1S/C19H30N2O3/c1-4-21(19(22)15-24-13-12-23-3)18-10-11-20(14-18)16(2)17-8-6-5-7-9-17/h5-9,16,18H,4,10-15H2,1-3H3/t16-,18-/m0/s1. The van der Waals surface area contributed by atoms with E-state index < -0.39 is 0 Å². The molecule has 1 aliphatic rings. The zero-order valence-electron chi connectivity index (χ0n) is 15.1. The molecule has 1 aromatic carbocycles. The van der Waals surface area contributed by atoms with Gasteiger partial charge in [-0.15, -0.1) is 0 Å². The van der Waals surface area contributed by atoms with Crippen LogP contribution in [0.15, 0.2) is 30.3 Å². The minimum Gasteiger partial charge on any atom is -0.382 e. The van der Waals surface area contributed by atoms with Gasteiger partial charge in [-0.2, -0.15) is 0 Å². The van der Waals surface area contributed by atoms with Gasteiger partial charge in [0.15, 0.2) is 0 Å². The van der Waals surface area contributed by atoms with Crippen LogP contribution < -0.4 is 0 Å². The first-order valence-electron chi connectivity index (χ1n) is 8.82. The third-order valence-corrected chi connectivity index (χ3v) is 4.78. The summed E-state index contributed by atoms with van der Waals surface area (Å²) < 4.78 is 10.3. The molecule has 0 unspecified atom stereocenters. The summed E-state index contributed by atoms with van der Waals surface area (Å²) in [5.74, 6) is 0.0767. The van der Waals surface area contributed by atoms with E-state index in [4.69, 9.17) is 9.47 Å². The summed E-state index contributed by atoms with van der Waals surface area (Å²) in [7, 11) is 1.63. The summed E-state index contributed by atoms with van der Waals surface area (Å²) in [6, 6.07) is 11.2. The number of nitrogens with zero attached hydrogens (tertiary/aromatic N) is 2. The normalized spacial score (nSPS) is 19.4. The molecule has 0 aliphatic carbocycles. The van der Waals surface area contributed by atoms with Gasteiger partial charge in [0.25, 0.3) is 0 Å². The van der Waals surface area contributed by atoms with Gasteiger partial charge >= 0.3 is 0 Å². The fourth-order valence-electron chi connectivity index (χ4n) is 3.34. The number of carbonyl (C=O) groups is 1. The van der Waals surface area contributed by atoms with Crippen LogP contribution in [0.4, 0.5) is 0 Å². The number of hydrogen-bond acceptors (Lipinski definition) is 4.